The standard InChI is InChI=1S/C19H19NO2S/c1-20(2)16-8-5-15(6-9-16)7-10-17(21)14-18(22)11-12-19-4-3-13-23-19/h3-14,21H,1-2H3/b10-7+,12-11+,17-14-. The summed E-state index contributed by atoms with van der Waals surface area (Å²) in [5.74, 6) is -0.314. The van der Waals surface area contributed by atoms with Crippen LogP contribution in [0.4, 0.5) is 5.69 Å². The summed E-state index contributed by atoms with van der Waals surface area (Å²) in [7, 11) is 3.96. The van der Waals surface area contributed by atoms with Crippen LogP contribution in [0, 0.1) is 0 Å². The Morgan fingerprint density at radius 1 is 1.09 bits per heavy atom. The molecule has 0 fully saturated rings. The van der Waals surface area contributed by atoms with Gasteiger partial charge in [0, 0.05) is 30.7 Å². The van der Waals surface area contributed by atoms with Gasteiger partial charge in [-0.3, -0.25) is 4.79 Å². The highest BCUT2D eigenvalue weighted by molar-refractivity contribution is 7.10. The summed E-state index contributed by atoms with van der Waals surface area (Å²) >= 11 is 1.55. The smallest absolute Gasteiger partial charge is 0.182 e. The lowest BCUT2D eigenvalue weighted by Gasteiger charge is -2.11. The monoisotopic (exact) mass is 325 g/mol. The van der Waals surface area contributed by atoms with Crippen molar-refractivity contribution in [2.24, 2.45) is 0 Å². The topological polar surface area (TPSA) is 40.5 Å². The number of carbonyl (C=O) groups is 1. The van der Waals surface area contributed by atoms with E-state index in [-0.39, 0.29) is 11.5 Å². The summed E-state index contributed by atoms with van der Waals surface area (Å²) in [5, 5.41) is 11.7. The van der Waals surface area contributed by atoms with E-state index in [0.29, 0.717) is 0 Å². The molecule has 3 nitrogen and oxygen atoms in total. The molecule has 0 saturated heterocycles. The third kappa shape index (κ3) is 5.60. The number of benzene rings is 1. The average Bonchev–Trinajstić information content (AvgIpc) is 3.05. The molecular weight excluding hydrogens is 306 g/mol. The minimum atomic E-state index is -0.247. The highest BCUT2D eigenvalue weighted by Crippen LogP contribution is 2.14. The van der Waals surface area contributed by atoms with E-state index in [4.69, 9.17) is 0 Å². The van der Waals surface area contributed by atoms with Crippen molar-refractivity contribution < 1.29 is 9.90 Å². The van der Waals surface area contributed by atoms with Gasteiger partial charge in [0.05, 0.1) is 0 Å². The van der Waals surface area contributed by atoms with Crippen LogP contribution in [0.2, 0.25) is 0 Å². The van der Waals surface area contributed by atoms with E-state index >= 15 is 0 Å². The molecule has 0 spiro atoms. The Kier molecular flexibility index (Phi) is 5.94. The Balaban J connectivity index is 1.96. The van der Waals surface area contributed by atoms with Crippen molar-refractivity contribution in [2.75, 3.05) is 19.0 Å². The number of ketones is 1. The zero-order valence-electron chi connectivity index (χ0n) is 13.1. The van der Waals surface area contributed by atoms with Crippen LogP contribution in [-0.2, 0) is 4.79 Å². The fourth-order valence-electron chi connectivity index (χ4n) is 1.86. The second-order valence-electron chi connectivity index (χ2n) is 5.14. The van der Waals surface area contributed by atoms with Crippen molar-refractivity contribution in [1.82, 2.24) is 0 Å². The molecule has 1 aromatic carbocycles. The number of anilines is 1. The molecule has 1 heterocycles. The highest BCUT2D eigenvalue weighted by atomic mass is 32.1. The number of hydrogen-bond acceptors (Lipinski definition) is 4. The molecule has 2 rings (SSSR count). The van der Waals surface area contributed by atoms with E-state index in [0.717, 1.165) is 16.1 Å². The van der Waals surface area contributed by atoms with Gasteiger partial charge in [-0.25, -0.2) is 0 Å². The quantitative estimate of drug-likeness (QED) is 0.481. The van der Waals surface area contributed by atoms with Crippen molar-refractivity contribution in [3.05, 3.63) is 76.2 Å². The first-order valence-electron chi connectivity index (χ1n) is 7.16. The lowest BCUT2D eigenvalue weighted by molar-refractivity contribution is -0.110. The second kappa shape index (κ2) is 8.15. The van der Waals surface area contributed by atoms with Crippen molar-refractivity contribution in [3.8, 4) is 0 Å². The van der Waals surface area contributed by atoms with Gasteiger partial charge in [0.15, 0.2) is 5.78 Å². The van der Waals surface area contributed by atoms with E-state index in [1.165, 1.54) is 18.2 Å². The summed E-state index contributed by atoms with van der Waals surface area (Å²) < 4.78 is 0. The van der Waals surface area contributed by atoms with Gasteiger partial charge in [-0.2, -0.15) is 0 Å². The fourth-order valence-corrected chi connectivity index (χ4v) is 2.48. The van der Waals surface area contributed by atoms with E-state index in [9.17, 15) is 9.90 Å². The molecule has 0 unspecified atom stereocenters. The number of rotatable bonds is 6. The number of aliphatic hydroxyl groups excluding tert-OH is 1. The van der Waals surface area contributed by atoms with Gasteiger partial charge in [-0.1, -0.05) is 24.3 Å². The zero-order chi connectivity index (χ0) is 16.7. The third-order valence-corrected chi connectivity index (χ3v) is 3.94. The Morgan fingerprint density at radius 2 is 1.83 bits per heavy atom. The minimum Gasteiger partial charge on any atom is -0.508 e. The van der Waals surface area contributed by atoms with Gasteiger partial charge in [-0.05, 0) is 47.4 Å². The van der Waals surface area contributed by atoms with Gasteiger partial charge in [0.1, 0.15) is 5.76 Å². The third-order valence-electron chi connectivity index (χ3n) is 3.10. The molecule has 0 aliphatic rings. The van der Waals surface area contributed by atoms with Crippen molar-refractivity contribution in [1.29, 1.82) is 0 Å². The number of hydrogen-bond donors (Lipinski definition) is 1. The van der Waals surface area contributed by atoms with Crippen molar-refractivity contribution in [3.63, 3.8) is 0 Å². The predicted molar refractivity (Wildman–Crippen MR) is 98.9 cm³/mol. The number of allylic oxidation sites excluding steroid dienone is 3. The Hall–Kier alpha value is -2.59. The highest BCUT2D eigenvalue weighted by Gasteiger charge is 1.96. The van der Waals surface area contributed by atoms with Crippen molar-refractivity contribution >= 4 is 35.0 Å². The SMILES string of the molecule is CN(C)c1ccc(/C=C/C(O)=C/C(=O)/C=C/c2cccs2)cc1. The Morgan fingerprint density at radius 3 is 2.43 bits per heavy atom. The fraction of sp³-hybridized carbons (Fsp3) is 0.105. The first kappa shape index (κ1) is 16.8. The molecule has 4 heteroatoms. The van der Waals surface area contributed by atoms with Crippen LogP contribution >= 0.6 is 11.3 Å². The molecule has 0 atom stereocenters. The number of carbonyl (C=O) groups excluding carboxylic acids is 1. The summed E-state index contributed by atoms with van der Waals surface area (Å²) in [5.41, 5.74) is 2.06. The van der Waals surface area contributed by atoms with Gasteiger partial charge in [0.2, 0.25) is 0 Å². The molecule has 0 amide bonds. The zero-order valence-corrected chi connectivity index (χ0v) is 14.0. The summed E-state index contributed by atoms with van der Waals surface area (Å²) in [6, 6.07) is 11.8. The normalized spacial score (nSPS) is 12.2. The largest absolute Gasteiger partial charge is 0.508 e. The molecule has 0 radical (unpaired) electrons. The van der Waals surface area contributed by atoms with E-state index in [1.54, 1.807) is 23.5 Å². The first-order chi connectivity index (χ1) is 11.0. The molecule has 1 aromatic heterocycles. The number of aliphatic hydroxyl groups is 1. The maximum atomic E-state index is 11.7. The van der Waals surface area contributed by atoms with E-state index in [2.05, 4.69) is 0 Å². The molecule has 0 bridgehead atoms. The van der Waals surface area contributed by atoms with Crippen LogP contribution in [0.3, 0.4) is 0 Å². The van der Waals surface area contributed by atoms with Gasteiger partial charge < -0.3 is 10.0 Å². The minimum absolute atomic E-state index is 0.0671. The van der Waals surface area contributed by atoms with Crippen LogP contribution in [0.1, 0.15) is 10.4 Å². The predicted octanol–water partition coefficient (Wildman–Crippen LogP) is 4.55. The van der Waals surface area contributed by atoms with Gasteiger partial charge in [0.25, 0.3) is 0 Å². The average molecular weight is 325 g/mol. The maximum absolute atomic E-state index is 11.7. The van der Waals surface area contributed by atoms with E-state index < -0.39 is 0 Å². The van der Waals surface area contributed by atoms with Crippen LogP contribution in [0.15, 0.2) is 65.8 Å². The van der Waals surface area contributed by atoms with Crippen LogP contribution < -0.4 is 4.90 Å². The summed E-state index contributed by atoms with van der Waals surface area (Å²) in [4.78, 5) is 14.7. The molecule has 0 aliphatic heterocycles. The maximum Gasteiger partial charge on any atom is 0.182 e. The summed E-state index contributed by atoms with van der Waals surface area (Å²) in [6.07, 6.45) is 7.67. The molecule has 1 N–H and O–H groups in total. The van der Waals surface area contributed by atoms with E-state index in [1.807, 2.05) is 60.8 Å². The van der Waals surface area contributed by atoms with Crippen LogP contribution in [-0.4, -0.2) is 25.0 Å². The van der Waals surface area contributed by atoms with Gasteiger partial charge >= 0.3 is 0 Å². The molecule has 118 valence electrons. The van der Waals surface area contributed by atoms with Crippen LogP contribution in [0.25, 0.3) is 12.2 Å². The summed E-state index contributed by atoms with van der Waals surface area (Å²) in [6.45, 7) is 0. The first-order valence-corrected chi connectivity index (χ1v) is 8.04. The molecule has 0 aliphatic carbocycles. The lowest BCUT2D eigenvalue weighted by Crippen LogP contribution is -2.07. The molecule has 23 heavy (non-hydrogen) atoms. The molecule has 2 aromatic rings. The number of nitrogens with zero attached hydrogens (tertiary/aromatic N) is 1. The van der Waals surface area contributed by atoms with Crippen molar-refractivity contribution in [2.45, 2.75) is 0 Å². The molecular formula is C19H19NO2S. The second-order valence-corrected chi connectivity index (χ2v) is 6.12. The molecule has 0 saturated carbocycles. The lowest BCUT2D eigenvalue weighted by atomic mass is 10.1. The van der Waals surface area contributed by atoms with Gasteiger partial charge in [-0.15, -0.1) is 11.3 Å². The number of thiophene rings is 1. The Bertz CT molecular complexity index is 723. The Labute approximate surface area is 140 Å². The van der Waals surface area contributed by atoms with Crippen LogP contribution in [0.5, 0.6) is 0 Å².